The number of benzene rings is 1. The number of nitrogens with zero attached hydrogens (tertiary/aromatic N) is 1. The molecule has 5 heteroatoms. The largest absolute Gasteiger partial charge is 0.367 e. The van der Waals surface area contributed by atoms with E-state index in [9.17, 15) is 9.59 Å². The van der Waals surface area contributed by atoms with Crippen molar-refractivity contribution < 1.29 is 14.3 Å². The van der Waals surface area contributed by atoms with Crippen molar-refractivity contribution in [2.45, 2.75) is 69.6 Å². The van der Waals surface area contributed by atoms with Gasteiger partial charge in [0, 0.05) is 12.6 Å². The molecular weight excluding hydrogens is 316 g/mol. The molecule has 2 heterocycles. The second-order valence-electron chi connectivity index (χ2n) is 7.15. The van der Waals surface area contributed by atoms with Gasteiger partial charge in [-0.25, -0.2) is 0 Å². The molecule has 2 N–H and O–H groups in total. The van der Waals surface area contributed by atoms with Crippen molar-refractivity contribution in [1.82, 2.24) is 4.90 Å². The van der Waals surface area contributed by atoms with E-state index >= 15 is 0 Å². The van der Waals surface area contributed by atoms with Crippen LogP contribution >= 0.6 is 0 Å². The van der Waals surface area contributed by atoms with Crippen LogP contribution in [-0.2, 0) is 20.7 Å². The van der Waals surface area contributed by atoms with E-state index in [-0.39, 0.29) is 5.91 Å². The van der Waals surface area contributed by atoms with Gasteiger partial charge in [-0.3, -0.25) is 9.59 Å². The second kappa shape index (κ2) is 8.48. The number of likely N-dealkylation sites (tertiary alicyclic amines) is 1. The Morgan fingerprint density at radius 1 is 1.08 bits per heavy atom. The third kappa shape index (κ3) is 4.60. The van der Waals surface area contributed by atoms with Crippen LogP contribution in [0.4, 0.5) is 0 Å². The summed E-state index contributed by atoms with van der Waals surface area (Å²) in [6.45, 7) is 0.802. The average Bonchev–Trinajstić information content (AvgIpc) is 3.13. The second-order valence-corrected chi connectivity index (χ2v) is 7.15. The van der Waals surface area contributed by atoms with E-state index < -0.39 is 18.1 Å². The van der Waals surface area contributed by atoms with Gasteiger partial charge in [0.2, 0.25) is 5.91 Å². The van der Waals surface area contributed by atoms with Crippen LogP contribution in [0.3, 0.4) is 0 Å². The van der Waals surface area contributed by atoms with Crippen molar-refractivity contribution in [3.8, 4) is 0 Å². The minimum atomic E-state index is -0.602. The van der Waals surface area contributed by atoms with Crippen LogP contribution in [0.5, 0.6) is 0 Å². The van der Waals surface area contributed by atoms with E-state index in [2.05, 4.69) is 24.3 Å². The number of piperidine rings is 1. The monoisotopic (exact) mass is 344 g/mol. The van der Waals surface area contributed by atoms with Crippen molar-refractivity contribution in [3.05, 3.63) is 35.9 Å². The highest BCUT2D eigenvalue weighted by Gasteiger charge is 2.38. The summed E-state index contributed by atoms with van der Waals surface area (Å²) in [6.07, 6.45) is 6.48. The van der Waals surface area contributed by atoms with Crippen LogP contribution in [0.2, 0.25) is 0 Å². The first-order valence-corrected chi connectivity index (χ1v) is 9.44. The molecule has 0 bridgehead atoms. The summed E-state index contributed by atoms with van der Waals surface area (Å²) < 4.78 is 5.59. The smallest absolute Gasteiger partial charge is 0.251 e. The molecule has 0 spiro atoms. The van der Waals surface area contributed by atoms with Crippen molar-refractivity contribution in [2.24, 2.45) is 5.73 Å². The molecule has 2 aliphatic rings. The summed E-state index contributed by atoms with van der Waals surface area (Å²) >= 11 is 0. The molecule has 0 aromatic heterocycles. The zero-order chi connectivity index (χ0) is 17.6. The van der Waals surface area contributed by atoms with Gasteiger partial charge in [-0.05, 0) is 56.9 Å². The Balaban J connectivity index is 1.53. The number of rotatable bonds is 6. The van der Waals surface area contributed by atoms with E-state index in [0.29, 0.717) is 18.9 Å². The van der Waals surface area contributed by atoms with Gasteiger partial charge in [-0.2, -0.15) is 0 Å². The minimum absolute atomic E-state index is 0.0492. The average molecular weight is 344 g/mol. The van der Waals surface area contributed by atoms with Crippen LogP contribution in [0.15, 0.2) is 30.3 Å². The first-order valence-electron chi connectivity index (χ1n) is 9.44. The summed E-state index contributed by atoms with van der Waals surface area (Å²) in [7, 11) is 0. The van der Waals surface area contributed by atoms with E-state index in [1.54, 1.807) is 0 Å². The maximum Gasteiger partial charge on any atom is 0.251 e. The predicted octanol–water partition coefficient (Wildman–Crippen LogP) is 2.42. The lowest BCUT2D eigenvalue weighted by molar-refractivity contribution is -0.149. The van der Waals surface area contributed by atoms with Gasteiger partial charge in [-0.1, -0.05) is 30.3 Å². The van der Waals surface area contributed by atoms with Crippen molar-refractivity contribution in [2.75, 3.05) is 6.54 Å². The van der Waals surface area contributed by atoms with Gasteiger partial charge in [-0.15, -0.1) is 0 Å². The molecule has 0 aliphatic carbocycles. The first-order chi connectivity index (χ1) is 12.1. The highest BCUT2D eigenvalue weighted by atomic mass is 16.5. The molecule has 0 unspecified atom stereocenters. The molecule has 0 radical (unpaired) electrons. The van der Waals surface area contributed by atoms with E-state index in [4.69, 9.17) is 10.5 Å². The molecular formula is C20H28N2O3. The molecule has 2 saturated heterocycles. The number of nitrogens with two attached hydrogens (primary N) is 1. The summed E-state index contributed by atoms with van der Waals surface area (Å²) in [5.74, 6) is -0.415. The zero-order valence-corrected chi connectivity index (χ0v) is 14.7. The number of aryl methyl sites for hydroxylation is 1. The maximum absolute atomic E-state index is 12.9. The topological polar surface area (TPSA) is 72.6 Å². The van der Waals surface area contributed by atoms with E-state index in [1.807, 2.05) is 11.0 Å². The number of amides is 2. The Labute approximate surface area is 149 Å². The molecule has 136 valence electrons. The van der Waals surface area contributed by atoms with Crippen LogP contribution in [-0.4, -0.2) is 41.5 Å². The number of hydrogen-bond donors (Lipinski definition) is 1. The van der Waals surface area contributed by atoms with Crippen LogP contribution in [0, 0.1) is 0 Å². The molecule has 5 nitrogen and oxygen atoms in total. The summed E-state index contributed by atoms with van der Waals surface area (Å²) in [4.78, 5) is 26.1. The third-order valence-electron chi connectivity index (χ3n) is 5.37. The molecule has 1 aromatic rings. The molecule has 0 saturated carbocycles. The molecule has 1 aromatic carbocycles. The lowest BCUT2D eigenvalue weighted by Crippen LogP contribution is -2.48. The Hall–Kier alpha value is -1.88. The zero-order valence-electron chi connectivity index (χ0n) is 14.7. The number of carbonyl (C=O) groups excluding carboxylic acids is 2. The molecule has 25 heavy (non-hydrogen) atoms. The van der Waals surface area contributed by atoms with Gasteiger partial charge in [0.15, 0.2) is 0 Å². The normalized spacial score (nSPS) is 26.6. The fourth-order valence-electron chi connectivity index (χ4n) is 3.99. The number of hydrogen-bond acceptors (Lipinski definition) is 3. The highest BCUT2D eigenvalue weighted by Crippen LogP contribution is 2.27. The van der Waals surface area contributed by atoms with Crippen molar-refractivity contribution in [3.63, 3.8) is 0 Å². The molecule has 2 aliphatic heterocycles. The molecule has 3 rings (SSSR count). The van der Waals surface area contributed by atoms with Crippen molar-refractivity contribution >= 4 is 11.8 Å². The van der Waals surface area contributed by atoms with E-state index in [1.165, 1.54) is 12.0 Å². The van der Waals surface area contributed by atoms with Gasteiger partial charge in [0.05, 0.1) is 0 Å². The fourth-order valence-corrected chi connectivity index (χ4v) is 3.99. The number of primary amides is 1. The quantitative estimate of drug-likeness (QED) is 0.861. The summed E-state index contributed by atoms with van der Waals surface area (Å²) in [5.41, 5.74) is 6.64. The lowest BCUT2D eigenvalue weighted by Gasteiger charge is -2.37. The van der Waals surface area contributed by atoms with Gasteiger partial charge in [0.1, 0.15) is 12.2 Å². The van der Waals surface area contributed by atoms with Gasteiger partial charge < -0.3 is 15.4 Å². The SMILES string of the molecule is NC(=O)[C@@H]1CC[C@@H](C(=O)N2CCCC[C@@H]2CCCc2ccccc2)O1. The Bertz CT molecular complexity index is 590. The van der Waals surface area contributed by atoms with E-state index in [0.717, 1.165) is 38.6 Å². The Morgan fingerprint density at radius 2 is 1.84 bits per heavy atom. The minimum Gasteiger partial charge on any atom is -0.367 e. The lowest BCUT2D eigenvalue weighted by atomic mass is 9.95. The molecule has 2 fully saturated rings. The third-order valence-corrected chi connectivity index (χ3v) is 5.37. The van der Waals surface area contributed by atoms with Crippen LogP contribution < -0.4 is 5.73 Å². The molecule has 3 atom stereocenters. The number of carbonyl (C=O) groups is 2. The van der Waals surface area contributed by atoms with Crippen LogP contribution in [0.1, 0.15) is 50.5 Å². The molecule has 2 amide bonds. The standard InChI is InChI=1S/C20H28N2O3/c21-19(23)17-12-13-18(25-17)20(24)22-14-5-4-10-16(22)11-6-9-15-7-2-1-3-8-15/h1-3,7-8,16-18H,4-6,9-14H2,(H2,21,23)/t16-,17+,18+/m1/s1. The maximum atomic E-state index is 12.9. The van der Waals surface area contributed by atoms with Crippen LogP contribution in [0.25, 0.3) is 0 Å². The summed E-state index contributed by atoms with van der Waals surface area (Å²) in [6, 6.07) is 10.8. The van der Waals surface area contributed by atoms with Gasteiger partial charge >= 0.3 is 0 Å². The number of ether oxygens (including phenoxy) is 1. The summed E-state index contributed by atoms with van der Waals surface area (Å²) in [5, 5.41) is 0. The Morgan fingerprint density at radius 3 is 2.56 bits per heavy atom. The highest BCUT2D eigenvalue weighted by molar-refractivity contribution is 5.84. The van der Waals surface area contributed by atoms with Gasteiger partial charge in [0.25, 0.3) is 5.91 Å². The Kier molecular flexibility index (Phi) is 6.08. The predicted molar refractivity (Wildman–Crippen MR) is 95.8 cm³/mol. The van der Waals surface area contributed by atoms with Crippen molar-refractivity contribution in [1.29, 1.82) is 0 Å². The fraction of sp³-hybridized carbons (Fsp3) is 0.600. The first kappa shape index (κ1) is 17.9.